The van der Waals surface area contributed by atoms with E-state index in [2.05, 4.69) is 20.8 Å². The molecule has 0 aliphatic rings. The molecular weight excluding hydrogens is 270 g/mol. The molecule has 0 aromatic heterocycles. The summed E-state index contributed by atoms with van der Waals surface area (Å²) in [5.41, 5.74) is 0.546. The number of halogens is 1. The summed E-state index contributed by atoms with van der Waals surface area (Å²) >= 11 is 3.24. The first-order chi connectivity index (χ1) is 6.45. The van der Waals surface area contributed by atoms with Crippen LogP contribution in [0.2, 0.25) is 0 Å². The van der Waals surface area contributed by atoms with Crippen molar-refractivity contribution < 1.29 is 13.3 Å². The van der Waals surface area contributed by atoms with E-state index < -0.39 is 9.84 Å². The van der Waals surface area contributed by atoms with Gasteiger partial charge in [-0.3, -0.25) is 4.84 Å². The summed E-state index contributed by atoms with van der Waals surface area (Å²) in [5, 5.41) is 0. The van der Waals surface area contributed by atoms with Gasteiger partial charge in [-0.2, -0.15) is 0 Å². The van der Waals surface area contributed by atoms with E-state index in [0.29, 0.717) is 5.56 Å². The van der Waals surface area contributed by atoms with Gasteiger partial charge in [0.05, 0.1) is 11.5 Å². The fourth-order valence-electron chi connectivity index (χ4n) is 1.11. The lowest BCUT2D eigenvalue weighted by molar-refractivity contribution is 0.122. The van der Waals surface area contributed by atoms with Crippen molar-refractivity contribution in [2.45, 2.75) is 11.5 Å². The van der Waals surface area contributed by atoms with Crippen LogP contribution < -0.4 is 5.90 Å². The highest BCUT2D eigenvalue weighted by molar-refractivity contribution is 9.10. The molecule has 1 aromatic rings. The van der Waals surface area contributed by atoms with Crippen LogP contribution in [0.4, 0.5) is 0 Å². The molecule has 14 heavy (non-hydrogen) atoms. The standard InChI is InChI=1S/C8H10BrNO3S/c1-14(11,12)8-3-2-7(9)4-6(8)5-13-10/h2-4H,5,10H2,1H3. The molecule has 0 heterocycles. The van der Waals surface area contributed by atoms with Crippen LogP contribution in [0, 0.1) is 0 Å². The minimum absolute atomic E-state index is 0.0713. The largest absolute Gasteiger partial charge is 0.300 e. The van der Waals surface area contributed by atoms with Gasteiger partial charge in [0.25, 0.3) is 0 Å². The Labute approximate surface area is 91.1 Å². The van der Waals surface area contributed by atoms with Gasteiger partial charge in [0.1, 0.15) is 0 Å². The van der Waals surface area contributed by atoms with Crippen molar-refractivity contribution in [1.82, 2.24) is 0 Å². The number of sulfone groups is 1. The Morgan fingerprint density at radius 1 is 1.50 bits per heavy atom. The summed E-state index contributed by atoms with van der Waals surface area (Å²) in [5.74, 6) is 4.91. The molecule has 0 radical (unpaired) electrons. The summed E-state index contributed by atoms with van der Waals surface area (Å²) in [4.78, 5) is 4.68. The zero-order valence-electron chi connectivity index (χ0n) is 7.53. The third-order valence-corrected chi connectivity index (χ3v) is 3.35. The number of nitrogens with two attached hydrogens (primary N) is 1. The van der Waals surface area contributed by atoms with E-state index in [9.17, 15) is 8.42 Å². The SMILES string of the molecule is CS(=O)(=O)c1ccc(Br)cc1CON. The molecule has 0 saturated heterocycles. The zero-order chi connectivity index (χ0) is 10.8. The van der Waals surface area contributed by atoms with Crippen molar-refractivity contribution in [3.63, 3.8) is 0 Å². The second kappa shape index (κ2) is 4.39. The summed E-state index contributed by atoms with van der Waals surface area (Å²) in [7, 11) is -3.23. The lowest BCUT2D eigenvalue weighted by Gasteiger charge is -2.06. The maximum absolute atomic E-state index is 11.3. The summed E-state index contributed by atoms with van der Waals surface area (Å²) < 4.78 is 23.4. The van der Waals surface area contributed by atoms with Crippen molar-refractivity contribution in [2.75, 3.05) is 6.26 Å². The Bertz CT molecular complexity index is 430. The lowest BCUT2D eigenvalue weighted by Crippen LogP contribution is -2.06. The molecular formula is C8H10BrNO3S. The normalized spacial score (nSPS) is 11.6. The van der Waals surface area contributed by atoms with E-state index in [1.54, 1.807) is 12.1 Å². The fraction of sp³-hybridized carbons (Fsp3) is 0.250. The van der Waals surface area contributed by atoms with Gasteiger partial charge in [-0.25, -0.2) is 14.3 Å². The minimum atomic E-state index is -3.23. The summed E-state index contributed by atoms with van der Waals surface area (Å²) in [6.07, 6.45) is 1.15. The van der Waals surface area contributed by atoms with Gasteiger partial charge in [-0.1, -0.05) is 15.9 Å². The highest BCUT2D eigenvalue weighted by Crippen LogP contribution is 2.21. The highest BCUT2D eigenvalue weighted by Gasteiger charge is 2.13. The second-order valence-electron chi connectivity index (χ2n) is 2.84. The number of benzene rings is 1. The molecule has 0 unspecified atom stereocenters. The summed E-state index contributed by atoms with van der Waals surface area (Å²) in [6.45, 7) is 0.0713. The maximum Gasteiger partial charge on any atom is 0.175 e. The molecule has 0 amide bonds. The van der Waals surface area contributed by atoms with Crippen LogP contribution in [0.3, 0.4) is 0 Å². The molecule has 0 aliphatic heterocycles. The predicted octanol–water partition coefficient (Wildman–Crippen LogP) is 1.24. The average Bonchev–Trinajstić information content (AvgIpc) is 2.02. The Morgan fingerprint density at radius 2 is 2.14 bits per heavy atom. The number of hydrogen-bond donors (Lipinski definition) is 1. The molecule has 78 valence electrons. The molecule has 0 saturated carbocycles. The van der Waals surface area contributed by atoms with Gasteiger partial charge in [0.2, 0.25) is 0 Å². The molecule has 4 nitrogen and oxygen atoms in total. The van der Waals surface area contributed by atoms with E-state index in [4.69, 9.17) is 5.90 Å². The van der Waals surface area contributed by atoms with Crippen molar-refractivity contribution >= 4 is 25.8 Å². The van der Waals surface area contributed by atoms with E-state index in [-0.39, 0.29) is 11.5 Å². The van der Waals surface area contributed by atoms with Gasteiger partial charge >= 0.3 is 0 Å². The monoisotopic (exact) mass is 279 g/mol. The molecule has 0 aliphatic carbocycles. The van der Waals surface area contributed by atoms with Crippen molar-refractivity contribution in [3.8, 4) is 0 Å². The number of hydrogen-bond acceptors (Lipinski definition) is 4. The lowest BCUT2D eigenvalue weighted by atomic mass is 10.2. The van der Waals surface area contributed by atoms with Crippen LogP contribution >= 0.6 is 15.9 Å². The van der Waals surface area contributed by atoms with E-state index in [0.717, 1.165) is 10.7 Å². The van der Waals surface area contributed by atoms with Gasteiger partial charge in [-0.15, -0.1) is 0 Å². The Morgan fingerprint density at radius 3 is 2.64 bits per heavy atom. The molecule has 0 spiro atoms. The fourth-order valence-corrected chi connectivity index (χ4v) is 2.43. The molecule has 0 atom stereocenters. The molecule has 6 heteroatoms. The van der Waals surface area contributed by atoms with Crippen LogP contribution in [0.1, 0.15) is 5.56 Å². The van der Waals surface area contributed by atoms with E-state index >= 15 is 0 Å². The van der Waals surface area contributed by atoms with Gasteiger partial charge in [0, 0.05) is 10.7 Å². The second-order valence-corrected chi connectivity index (χ2v) is 5.74. The molecule has 2 N–H and O–H groups in total. The van der Waals surface area contributed by atoms with Crippen molar-refractivity contribution in [3.05, 3.63) is 28.2 Å². The van der Waals surface area contributed by atoms with Crippen LogP contribution in [0.25, 0.3) is 0 Å². The Balaban J connectivity index is 3.29. The van der Waals surface area contributed by atoms with Crippen LogP contribution in [0.5, 0.6) is 0 Å². The van der Waals surface area contributed by atoms with Crippen LogP contribution in [0.15, 0.2) is 27.6 Å². The van der Waals surface area contributed by atoms with Crippen molar-refractivity contribution in [2.24, 2.45) is 5.90 Å². The van der Waals surface area contributed by atoms with Crippen LogP contribution in [-0.4, -0.2) is 14.7 Å². The average molecular weight is 280 g/mol. The smallest absolute Gasteiger partial charge is 0.175 e. The first-order valence-electron chi connectivity index (χ1n) is 3.75. The quantitative estimate of drug-likeness (QED) is 0.846. The van der Waals surface area contributed by atoms with E-state index in [1.807, 2.05) is 0 Å². The zero-order valence-corrected chi connectivity index (χ0v) is 9.93. The third kappa shape index (κ3) is 2.78. The summed E-state index contributed by atoms with van der Waals surface area (Å²) in [6, 6.07) is 4.85. The highest BCUT2D eigenvalue weighted by atomic mass is 79.9. The van der Waals surface area contributed by atoms with Gasteiger partial charge in [-0.05, 0) is 23.8 Å². The van der Waals surface area contributed by atoms with Gasteiger partial charge in [0.15, 0.2) is 9.84 Å². The van der Waals surface area contributed by atoms with Crippen LogP contribution in [-0.2, 0) is 21.3 Å². The maximum atomic E-state index is 11.3. The molecule has 0 fully saturated rings. The molecule has 1 aromatic carbocycles. The van der Waals surface area contributed by atoms with Crippen molar-refractivity contribution in [1.29, 1.82) is 0 Å². The Hall–Kier alpha value is -0.430. The topological polar surface area (TPSA) is 69.4 Å². The Kier molecular flexibility index (Phi) is 3.65. The van der Waals surface area contributed by atoms with E-state index in [1.165, 1.54) is 6.07 Å². The predicted molar refractivity (Wildman–Crippen MR) is 56.2 cm³/mol. The first kappa shape index (κ1) is 11.6. The number of rotatable bonds is 3. The molecule has 1 rings (SSSR count). The first-order valence-corrected chi connectivity index (χ1v) is 6.44. The third-order valence-electron chi connectivity index (χ3n) is 1.66. The minimum Gasteiger partial charge on any atom is -0.300 e. The van der Waals surface area contributed by atoms with Gasteiger partial charge < -0.3 is 0 Å². The molecule has 0 bridgehead atoms.